The Bertz CT molecular complexity index is 738. The van der Waals surface area contributed by atoms with Crippen LogP contribution in [0.4, 0.5) is 11.5 Å². The number of nitrogen functional groups attached to an aromatic ring is 1. The summed E-state index contributed by atoms with van der Waals surface area (Å²) < 4.78 is 2.08. The lowest BCUT2D eigenvalue weighted by atomic mass is 10.0. The highest BCUT2D eigenvalue weighted by molar-refractivity contribution is 5.68. The van der Waals surface area contributed by atoms with E-state index in [1.165, 1.54) is 24.0 Å². The Balaban J connectivity index is 2.01. The van der Waals surface area contributed by atoms with Gasteiger partial charge in [-0.15, -0.1) is 0 Å². The van der Waals surface area contributed by atoms with Gasteiger partial charge in [-0.2, -0.15) is 5.26 Å². The topological polar surface area (TPSA) is 58.0 Å². The fraction of sp³-hybridized carbons (Fsp3) is 0.421. The Morgan fingerprint density at radius 3 is 2.83 bits per heavy atom. The van der Waals surface area contributed by atoms with Gasteiger partial charge in [-0.25, -0.2) is 0 Å². The maximum Gasteiger partial charge on any atom is 0.133 e. The van der Waals surface area contributed by atoms with Crippen LogP contribution in [0.25, 0.3) is 0 Å². The molecule has 0 bridgehead atoms. The summed E-state index contributed by atoms with van der Waals surface area (Å²) in [5, 5.41) is 9.51. The van der Waals surface area contributed by atoms with Crippen LogP contribution in [0.2, 0.25) is 0 Å². The van der Waals surface area contributed by atoms with Gasteiger partial charge in [0.1, 0.15) is 17.6 Å². The van der Waals surface area contributed by atoms with E-state index in [-0.39, 0.29) is 0 Å². The zero-order chi connectivity index (χ0) is 16.4. The molecular formula is C19H24N4. The molecule has 2 heterocycles. The smallest absolute Gasteiger partial charge is 0.133 e. The number of hydrogen-bond acceptors (Lipinski definition) is 3. The molecule has 0 saturated carbocycles. The summed E-state index contributed by atoms with van der Waals surface area (Å²) in [6.07, 6.45) is 2.44. The van der Waals surface area contributed by atoms with Crippen molar-refractivity contribution in [1.82, 2.24) is 4.57 Å². The van der Waals surface area contributed by atoms with Gasteiger partial charge in [-0.3, -0.25) is 0 Å². The number of benzene rings is 1. The van der Waals surface area contributed by atoms with E-state index in [9.17, 15) is 5.26 Å². The summed E-state index contributed by atoms with van der Waals surface area (Å²) in [6, 6.07) is 12.4. The molecule has 1 aromatic heterocycles. The number of aromatic nitrogens is 1. The third-order valence-corrected chi connectivity index (χ3v) is 4.76. The molecule has 1 atom stereocenters. The number of rotatable bonds is 3. The Morgan fingerprint density at radius 2 is 2.13 bits per heavy atom. The van der Waals surface area contributed by atoms with Crippen molar-refractivity contribution in [3.05, 3.63) is 47.2 Å². The first-order chi connectivity index (χ1) is 11.1. The van der Waals surface area contributed by atoms with Gasteiger partial charge in [0.15, 0.2) is 0 Å². The number of aryl methyl sites for hydroxylation is 1. The zero-order valence-corrected chi connectivity index (χ0v) is 13.9. The normalized spacial score (nSPS) is 18.0. The minimum atomic E-state index is 0.638. The van der Waals surface area contributed by atoms with Gasteiger partial charge >= 0.3 is 0 Å². The standard InChI is InChI=1S/C19H24N4/c1-14-6-5-9-22(12-14)19-18(21)10-17(11-20)23(19)13-16-8-4-3-7-15(16)2/h3-4,7-8,10,14H,5-6,9,12-13,21H2,1-2H3. The Hall–Kier alpha value is -2.41. The van der Waals surface area contributed by atoms with Crippen molar-refractivity contribution in [1.29, 1.82) is 5.26 Å². The van der Waals surface area contributed by atoms with Gasteiger partial charge in [0, 0.05) is 13.1 Å². The summed E-state index contributed by atoms with van der Waals surface area (Å²) in [7, 11) is 0. The van der Waals surface area contributed by atoms with Crippen molar-refractivity contribution in [2.45, 2.75) is 33.2 Å². The molecule has 1 fully saturated rings. The number of nitrogens with two attached hydrogens (primary N) is 1. The van der Waals surface area contributed by atoms with E-state index in [0.717, 1.165) is 18.9 Å². The molecule has 1 saturated heterocycles. The monoisotopic (exact) mass is 308 g/mol. The lowest BCUT2D eigenvalue weighted by molar-refractivity contribution is 0.441. The van der Waals surface area contributed by atoms with Gasteiger partial charge in [0.2, 0.25) is 0 Å². The fourth-order valence-corrected chi connectivity index (χ4v) is 3.51. The van der Waals surface area contributed by atoms with Crippen molar-refractivity contribution < 1.29 is 0 Å². The molecule has 0 spiro atoms. The molecule has 2 N–H and O–H groups in total. The highest BCUT2D eigenvalue weighted by atomic mass is 15.3. The van der Waals surface area contributed by atoms with Crippen molar-refractivity contribution in [2.24, 2.45) is 5.92 Å². The van der Waals surface area contributed by atoms with Crippen LogP contribution < -0.4 is 10.6 Å². The zero-order valence-electron chi connectivity index (χ0n) is 13.9. The predicted molar refractivity (Wildman–Crippen MR) is 94.5 cm³/mol. The Labute approximate surface area is 138 Å². The fourth-order valence-electron chi connectivity index (χ4n) is 3.51. The van der Waals surface area contributed by atoms with Gasteiger partial charge in [0.25, 0.3) is 0 Å². The molecule has 2 aromatic rings. The van der Waals surface area contributed by atoms with Crippen LogP contribution in [0.3, 0.4) is 0 Å². The molecule has 1 aliphatic rings. The molecular weight excluding hydrogens is 284 g/mol. The van der Waals surface area contributed by atoms with Crippen LogP contribution in [-0.4, -0.2) is 17.7 Å². The lowest BCUT2D eigenvalue weighted by Gasteiger charge is -2.34. The predicted octanol–water partition coefficient (Wildman–Crippen LogP) is 3.54. The maximum absolute atomic E-state index is 9.51. The largest absolute Gasteiger partial charge is 0.396 e. The second-order valence-corrected chi connectivity index (χ2v) is 6.63. The van der Waals surface area contributed by atoms with E-state index in [1.54, 1.807) is 0 Å². The summed E-state index contributed by atoms with van der Waals surface area (Å²) in [4.78, 5) is 2.35. The molecule has 120 valence electrons. The Morgan fingerprint density at radius 1 is 1.35 bits per heavy atom. The second-order valence-electron chi connectivity index (χ2n) is 6.63. The minimum absolute atomic E-state index is 0.638. The van der Waals surface area contributed by atoms with E-state index in [0.29, 0.717) is 23.8 Å². The van der Waals surface area contributed by atoms with E-state index < -0.39 is 0 Å². The number of hydrogen-bond donors (Lipinski definition) is 1. The van der Waals surface area contributed by atoms with Gasteiger partial charge in [0.05, 0.1) is 12.2 Å². The van der Waals surface area contributed by atoms with Crippen molar-refractivity contribution >= 4 is 11.5 Å². The third-order valence-electron chi connectivity index (χ3n) is 4.76. The lowest BCUT2D eigenvalue weighted by Crippen LogP contribution is -2.36. The van der Waals surface area contributed by atoms with Crippen LogP contribution in [-0.2, 0) is 6.54 Å². The van der Waals surface area contributed by atoms with Crippen LogP contribution in [0.5, 0.6) is 0 Å². The minimum Gasteiger partial charge on any atom is -0.396 e. The quantitative estimate of drug-likeness (QED) is 0.943. The van der Waals surface area contributed by atoms with Gasteiger partial charge < -0.3 is 15.2 Å². The number of nitriles is 1. The van der Waals surface area contributed by atoms with Gasteiger partial charge in [-0.1, -0.05) is 31.2 Å². The van der Waals surface area contributed by atoms with Crippen LogP contribution >= 0.6 is 0 Å². The number of nitrogens with zero attached hydrogens (tertiary/aromatic N) is 3. The highest BCUT2D eigenvalue weighted by Gasteiger charge is 2.23. The van der Waals surface area contributed by atoms with Crippen molar-refractivity contribution in [3.8, 4) is 6.07 Å². The third kappa shape index (κ3) is 3.05. The SMILES string of the molecule is Cc1ccccc1Cn1c(C#N)cc(N)c1N1CCCC(C)C1. The molecule has 23 heavy (non-hydrogen) atoms. The van der Waals surface area contributed by atoms with Gasteiger partial charge in [-0.05, 0) is 42.9 Å². The van der Waals surface area contributed by atoms with E-state index >= 15 is 0 Å². The highest BCUT2D eigenvalue weighted by Crippen LogP contribution is 2.32. The summed E-state index contributed by atoms with van der Waals surface area (Å²) in [5.74, 6) is 1.67. The van der Waals surface area contributed by atoms with E-state index in [1.807, 2.05) is 18.2 Å². The molecule has 1 aliphatic heterocycles. The molecule has 4 nitrogen and oxygen atoms in total. The molecule has 4 heteroatoms. The van der Waals surface area contributed by atoms with E-state index in [4.69, 9.17) is 5.73 Å². The summed E-state index contributed by atoms with van der Waals surface area (Å²) in [5.41, 5.74) is 10.1. The van der Waals surface area contributed by atoms with Crippen LogP contribution in [0, 0.1) is 24.2 Å². The van der Waals surface area contributed by atoms with E-state index in [2.05, 4.69) is 41.5 Å². The molecule has 0 amide bonds. The summed E-state index contributed by atoms with van der Waals surface area (Å²) in [6.45, 7) is 7.09. The molecule has 0 radical (unpaired) electrons. The average molecular weight is 308 g/mol. The average Bonchev–Trinajstić information content (AvgIpc) is 2.85. The molecule has 3 rings (SSSR count). The van der Waals surface area contributed by atoms with Crippen LogP contribution in [0.15, 0.2) is 30.3 Å². The number of piperidine rings is 1. The van der Waals surface area contributed by atoms with Crippen LogP contribution in [0.1, 0.15) is 36.6 Å². The Kier molecular flexibility index (Phi) is 4.29. The molecule has 1 aromatic carbocycles. The first kappa shape index (κ1) is 15.5. The molecule has 1 unspecified atom stereocenters. The number of anilines is 2. The summed E-state index contributed by atoms with van der Waals surface area (Å²) >= 11 is 0. The van der Waals surface area contributed by atoms with Crippen molar-refractivity contribution in [2.75, 3.05) is 23.7 Å². The first-order valence-electron chi connectivity index (χ1n) is 8.28. The first-order valence-corrected chi connectivity index (χ1v) is 8.28. The second kappa shape index (κ2) is 6.37. The molecule has 0 aliphatic carbocycles. The van der Waals surface area contributed by atoms with Crippen molar-refractivity contribution in [3.63, 3.8) is 0 Å². The maximum atomic E-state index is 9.51.